The van der Waals surface area contributed by atoms with E-state index in [4.69, 9.17) is 0 Å². The average molecular weight is 177 g/mol. The summed E-state index contributed by atoms with van der Waals surface area (Å²) in [6.07, 6.45) is 4.96. The largest absolute Gasteiger partial charge is 0.238 e. The monoisotopic (exact) mass is 177 g/mol. The van der Waals surface area contributed by atoms with E-state index in [0.717, 1.165) is 29.9 Å². The first-order valence-electron chi connectivity index (χ1n) is 4.87. The molecule has 0 fully saturated rings. The van der Waals surface area contributed by atoms with E-state index < -0.39 is 0 Å². The Morgan fingerprint density at radius 3 is 2.54 bits per heavy atom. The van der Waals surface area contributed by atoms with E-state index in [1.54, 1.807) is 0 Å². The lowest BCUT2D eigenvalue weighted by molar-refractivity contribution is 0.617. The second kappa shape index (κ2) is 4.35. The van der Waals surface area contributed by atoms with Gasteiger partial charge in [-0.3, -0.25) is 0 Å². The molecule has 0 unspecified atom stereocenters. The van der Waals surface area contributed by atoms with Crippen LogP contribution in [0.4, 0.5) is 0 Å². The van der Waals surface area contributed by atoms with Crippen molar-refractivity contribution in [3.63, 3.8) is 0 Å². The maximum atomic E-state index is 4.44. The minimum absolute atomic E-state index is 0.611. The van der Waals surface area contributed by atoms with Crippen LogP contribution in [0.25, 0.3) is 0 Å². The van der Waals surface area contributed by atoms with Gasteiger partial charge in [0.1, 0.15) is 5.82 Å². The van der Waals surface area contributed by atoms with Crippen LogP contribution in [0.1, 0.15) is 37.9 Å². The molecule has 71 valence electrons. The van der Waals surface area contributed by atoms with Gasteiger partial charge >= 0.3 is 0 Å². The van der Waals surface area contributed by atoms with E-state index in [1.165, 1.54) is 0 Å². The summed E-state index contributed by atoms with van der Waals surface area (Å²) in [5, 5.41) is 0. The van der Waals surface area contributed by atoms with E-state index >= 15 is 0 Å². The molecule has 0 N–H and O–H groups in total. The van der Waals surface area contributed by atoms with Crippen molar-refractivity contribution in [1.82, 2.24) is 9.97 Å². The highest BCUT2D eigenvalue weighted by Crippen LogP contribution is 2.07. The highest BCUT2D eigenvalue weighted by molar-refractivity contribution is 5.14. The lowest BCUT2D eigenvalue weighted by Crippen LogP contribution is -2.04. The Hall–Kier alpha value is -0.920. The summed E-state index contributed by atoms with van der Waals surface area (Å²) >= 11 is 0. The zero-order valence-electron chi connectivity index (χ0n) is 8.89. The lowest BCUT2D eigenvalue weighted by Gasteiger charge is -2.05. The summed E-state index contributed by atoms with van der Waals surface area (Å²) in [4.78, 5) is 8.66. The van der Waals surface area contributed by atoms with E-state index in [0.29, 0.717) is 5.92 Å². The standard InChI is InChI=1S/C11H17N2/c1-5-10-7-12-11(6-8(2)3)13-9(10)4/h8H,5-6H2,1-4H3. The summed E-state index contributed by atoms with van der Waals surface area (Å²) in [5.41, 5.74) is 2.21. The molecule has 0 aliphatic carbocycles. The molecule has 1 aromatic heterocycles. The van der Waals surface area contributed by atoms with Crippen molar-refractivity contribution in [3.05, 3.63) is 23.3 Å². The van der Waals surface area contributed by atoms with Gasteiger partial charge in [0.05, 0.1) is 6.20 Å². The van der Waals surface area contributed by atoms with Gasteiger partial charge in [-0.05, 0) is 19.3 Å². The molecule has 0 atom stereocenters. The zero-order valence-corrected chi connectivity index (χ0v) is 8.89. The Balaban J connectivity index is 2.83. The van der Waals surface area contributed by atoms with Crippen LogP contribution >= 0.6 is 0 Å². The van der Waals surface area contributed by atoms with Crippen LogP contribution in [-0.2, 0) is 12.8 Å². The zero-order chi connectivity index (χ0) is 9.84. The molecule has 0 saturated carbocycles. The Morgan fingerprint density at radius 1 is 1.38 bits per heavy atom. The molecule has 13 heavy (non-hydrogen) atoms. The predicted octanol–water partition coefficient (Wildman–Crippen LogP) is 2.35. The van der Waals surface area contributed by atoms with Crippen molar-refractivity contribution in [3.8, 4) is 0 Å². The average Bonchev–Trinajstić information content (AvgIpc) is 2.03. The number of nitrogens with zero attached hydrogens (tertiary/aromatic N) is 2. The van der Waals surface area contributed by atoms with Gasteiger partial charge in [0, 0.05) is 17.7 Å². The van der Waals surface area contributed by atoms with E-state index in [9.17, 15) is 0 Å². The summed E-state index contributed by atoms with van der Waals surface area (Å²) in [7, 11) is 0. The molecule has 0 spiro atoms. The van der Waals surface area contributed by atoms with Gasteiger partial charge < -0.3 is 0 Å². The van der Waals surface area contributed by atoms with E-state index in [1.807, 2.05) is 6.92 Å². The molecule has 0 aliphatic heterocycles. The minimum atomic E-state index is 0.611. The number of aryl methyl sites for hydroxylation is 2. The lowest BCUT2D eigenvalue weighted by atomic mass is 10.1. The van der Waals surface area contributed by atoms with Crippen LogP contribution in [0.3, 0.4) is 0 Å². The van der Waals surface area contributed by atoms with Crippen molar-refractivity contribution >= 4 is 0 Å². The van der Waals surface area contributed by atoms with Gasteiger partial charge in [0.15, 0.2) is 0 Å². The number of hydrogen-bond acceptors (Lipinski definition) is 2. The molecule has 0 aromatic carbocycles. The maximum absolute atomic E-state index is 4.44. The van der Waals surface area contributed by atoms with Crippen LogP contribution in [-0.4, -0.2) is 9.97 Å². The second-order valence-electron chi connectivity index (χ2n) is 3.77. The van der Waals surface area contributed by atoms with Crippen molar-refractivity contribution in [2.75, 3.05) is 0 Å². The molecule has 2 heteroatoms. The van der Waals surface area contributed by atoms with Crippen molar-refractivity contribution in [2.45, 2.75) is 40.5 Å². The highest BCUT2D eigenvalue weighted by Gasteiger charge is 2.03. The quantitative estimate of drug-likeness (QED) is 0.708. The Bertz CT molecular complexity index is 279. The van der Waals surface area contributed by atoms with Crippen LogP contribution in [0.5, 0.6) is 0 Å². The van der Waals surface area contributed by atoms with Gasteiger partial charge in [0.2, 0.25) is 0 Å². The third-order valence-corrected chi connectivity index (χ3v) is 2.00. The fourth-order valence-corrected chi connectivity index (χ4v) is 1.29. The Morgan fingerprint density at radius 2 is 2.08 bits per heavy atom. The summed E-state index contributed by atoms with van der Waals surface area (Å²) in [6, 6.07) is 0. The molecule has 0 bridgehead atoms. The van der Waals surface area contributed by atoms with Gasteiger partial charge in [-0.15, -0.1) is 0 Å². The van der Waals surface area contributed by atoms with Crippen molar-refractivity contribution in [1.29, 1.82) is 0 Å². The third-order valence-electron chi connectivity index (χ3n) is 2.00. The van der Waals surface area contributed by atoms with Crippen LogP contribution in [0.15, 0.2) is 0 Å². The summed E-state index contributed by atoms with van der Waals surface area (Å²) < 4.78 is 0. The summed E-state index contributed by atoms with van der Waals surface area (Å²) in [6.45, 7) is 8.48. The molecule has 2 nitrogen and oxygen atoms in total. The molecule has 1 rings (SSSR count). The smallest absolute Gasteiger partial charge is 0.129 e. The molecule has 0 aliphatic rings. The summed E-state index contributed by atoms with van der Waals surface area (Å²) in [5.74, 6) is 1.53. The van der Waals surface area contributed by atoms with Gasteiger partial charge in [0.25, 0.3) is 0 Å². The number of rotatable bonds is 3. The van der Waals surface area contributed by atoms with Gasteiger partial charge in [-0.2, -0.15) is 0 Å². The fraction of sp³-hybridized carbons (Fsp3) is 0.636. The first-order valence-corrected chi connectivity index (χ1v) is 4.87. The molecular weight excluding hydrogens is 160 g/mol. The van der Waals surface area contributed by atoms with Gasteiger partial charge in [-0.1, -0.05) is 20.8 Å². The van der Waals surface area contributed by atoms with Gasteiger partial charge in [-0.25, -0.2) is 9.97 Å². The number of aromatic nitrogens is 2. The van der Waals surface area contributed by atoms with E-state index in [-0.39, 0.29) is 0 Å². The molecule has 1 radical (unpaired) electrons. The van der Waals surface area contributed by atoms with Crippen LogP contribution in [0.2, 0.25) is 0 Å². The normalized spacial score (nSPS) is 10.8. The van der Waals surface area contributed by atoms with Crippen molar-refractivity contribution < 1.29 is 0 Å². The van der Waals surface area contributed by atoms with E-state index in [2.05, 4.69) is 36.9 Å². The fourth-order valence-electron chi connectivity index (χ4n) is 1.29. The van der Waals surface area contributed by atoms with Crippen LogP contribution in [0, 0.1) is 19.0 Å². The second-order valence-corrected chi connectivity index (χ2v) is 3.77. The Kier molecular flexibility index (Phi) is 3.40. The first kappa shape index (κ1) is 10.2. The molecule has 0 amide bonds. The highest BCUT2D eigenvalue weighted by atomic mass is 14.9. The first-order chi connectivity index (χ1) is 6.13. The third kappa shape index (κ3) is 2.79. The minimum Gasteiger partial charge on any atom is -0.238 e. The number of hydrogen-bond donors (Lipinski definition) is 0. The Labute approximate surface area is 80.4 Å². The topological polar surface area (TPSA) is 25.8 Å². The maximum Gasteiger partial charge on any atom is 0.129 e. The van der Waals surface area contributed by atoms with Crippen molar-refractivity contribution in [2.24, 2.45) is 5.92 Å². The molecule has 1 heterocycles. The molecule has 1 aromatic rings. The molecule has 0 saturated heterocycles. The SMILES string of the molecule is CCc1[c]nc(CC(C)C)nc1C. The predicted molar refractivity (Wildman–Crippen MR) is 53.5 cm³/mol. The molecular formula is C11H17N2. The van der Waals surface area contributed by atoms with Crippen LogP contribution < -0.4 is 0 Å².